The third kappa shape index (κ3) is 4.22. The maximum atomic E-state index is 14.0. The lowest BCUT2D eigenvalue weighted by atomic mass is 9.59. The van der Waals surface area contributed by atoms with Crippen molar-refractivity contribution in [1.82, 2.24) is 0 Å². The predicted octanol–water partition coefficient (Wildman–Crippen LogP) is 2.70. The molecule has 208 valence electrons. The van der Waals surface area contributed by atoms with Crippen LogP contribution in [-0.4, -0.2) is 52.8 Å². The van der Waals surface area contributed by atoms with Gasteiger partial charge in [-0.25, -0.2) is 0 Å². The first-order chi connectivity index (χ1) is 19.5. The van der Waals surface area contributed by atoms with Crippen LogP contribution in [0.1, 0.15) is 24.3 Å². The summed E-state index contributed by atoms with van der Waals surface area (Å²) >= 11 is 9.53. The highest BCUT2D eigenvalue weighted by atomic mass is 79.9. The summed E-state index contributed by atoms with van der Waals surface area (Å²) in [6, 6.07) is 8.99. The monoisotopic (exact) mass is 637 g/mol. The number of Topliss-reactive ketones (excluding diaryl/α,β-unsaturated/α-hetero) is 1. The van der Waals surface area contributed by atoms with E-state index in [1.807, 2.05) is 6.08 Å². The van der Waals surface area contributed by atoms with E-state index >= 15 is 0 Å². The minimum absolute atomic E-state index is 0.00605. The number of halogens is 2. The number of methoxy groups -OCH3 is 1. The molecule has 3 N–H and O–H groups in total. The van der Waals surface area contributed by atoms with Gasteiger partial charge in [0.2, 0.25) is 11.8 Å². The standard InChI is InChI=1S/C29H22BBrClNO8/c1-41-22-8-12(7-20(32)27(22)36)23-15-5-6-16-24(17(15)10-18-25(23)21(34)11-19(31)26(18)35)29(38)33(28(16)37)14-4-2-3-13(9-14)30(39)40/h2-5,7-9,11,16-17,23-24,36,39-40H,6,10H2,1H3. The highest BCUT2D eigenvalue weighted by Crippen LogP contribution is 2.56. The number of anilines is 1. The molecule has 1 saturated heterocycles. The molecule has 0 radical (unpaired) electrons. The molecular formula is C29H22BBrClNO8. The summed E-state index contributed by atoms with van der Waals surface area (Å²) in [6.07, 6.45) is 3.40. The fourth-order valence-corrected chi connectivity index (χ4v) is 7.25. The minimum Gasteiger partial charge on any atom is -0.503 e. The van der Waals surface area contributed by atoms with Crippen LogP contribution >= 0.6 is 27.5 Å². The van der Waals surface area contributed by atoms with Gasteiger partial charge in [0.05, 0.1) is 34.1 Å². The molecule has 41 heavy (non-hydrogen) atoms. The maximum Gasteiger partial charge on any atom is 0.488 e. The van der Waals surface area contributed by atoms with Gasteiger partial charge >= 0.3 is 7.12 Å². The van der Waals surface area contributed by atoms with E-state index in [-0.39, 0.29) is 67.7 Å². The Morgan fingerprint density at radius 2 is 1.83 bits per heavy atom. The number of fused-ring (bicyclic) bond motifs is 3. The van der Waals surface area contributed by atoms with Crippen molar-refractivity contribution < 1.29 is 39.1 Å². The van der Waals surface area contributed by atoms with Gasteiger partial charge in [0.1, 0.15) is 0 Å². The van der Waals surface area contributed by atoms with Crippen molar-refractivity contribution in [2.75, 3.05) is 12.0 Å². The summed E-state index contributed by atoms with van der Waals surface area (Å²) in [4.78, 5) is 55.4. The van der Waals surface area contributed by atoms with Crippen LogP contribution in [0.5, 0.6) is 11.5 Å². The van der Waals surface area contributed by atoms with Crippen LogP contribution in [0.2, 0.25) is 5.02 Å². The molecule has 4 aliphatic rings. The van der Waals surface area contributed by atoms with Crippen molar-refractivity contribution in [2.45, 2.75) is 18.8 Å². The zero-order valence-electron chi connectivity index (χ0n) is 21.5. The van der Waals surface area contributed by atoms with E-state index in [4.69, 9.17) is 16.3 Å². The number of hydrogen-bond donors (Lipinski definition) is 3. The molecule has 12 heteroatoms. The minimum atomic E-state index is -1.78. The van der Waals surface area contributed by atoms with E-state index in [0.29, 0.717) is 11.1 Å². The molecular weight excluding hydrogens is 616 g/mol. The number of nitrogens with zero attached hydrogens (tertiary/aromatic N) is 1. The maximum absolute atomic E-state index is 14.0. The van der Waals surface area contributed by atoms with Crippen molar-refractivity contribution in [3.8, 4) is 11.5 Å². The average Bonchev–Trinajstić information content (AvgIpc) is 3.21. The number of phenolic OH excluding ortho intramolecular Hbond substituents is 1. The second-order valence-corrected chi connectivity index (χ2v) is 11.7. The summed E-state index contributed by atoms with van der Waals surface area (Å²) < 4.78 is 5.41. The third-order valence-corrected chi connectivity index (χ3v) is 9.24. The first-order valence-electron chi connectivity index (χ1n) is 12.8. The molecule has 2 amide bonds. The van der Waals surface area contributed by atoms with E-state index in [2.05, 4.69) is 15.9 Å². The molecule has 1 heterocycles. The number of benzene rings is 2. The van der Waals surface area contributed by atoms with Gasteiger partial charge in [0.15, 0.2) is 23.1 Å². The van der Waals surface area contributed by atoms with E-state index in [1.165, 1.54) is 37.5 Å². The molecule has 3 aliphatic carbocycles. The Bertz CT molecular complexity index is 1660. The van der Waals surface area contributed by atoms with Gasteiger partial charge in [0, 0.05) is 23.1 Å². The molecule has 9 nitrogen and oxygen atoms in total. The van der Waals surface area contributed by atoms with Gasteiger partial charge < -0.3 is 19.9 Å². The van der Waals surface area contributed by atoms with Crippen LogP contribution in [-0.2, 0) is 19.2 Å². The van der Waals surface area contributed by atoms with Crippen LogP contribution in [0.15, 0.2) is 69.8 Å². The molecule has 0 spiro atoms. The van der Waals surface area contributed by atoms with Crippen LogP contribution in [0.25, 0.3) is 0 Å². The fourth-order valence-electron chi connectivity index (χ4n) is 6.58. The number of carbonyl (C=O) groups excluding carboxylic acids is 4. The summed E-state index contributed by atoms with van der Waals surface area (Å²) in [5.74, 6) is -4.68. The number of carbonyl (C=O) groups is 4. The number of amides is 2. The van der Waals surface area contributed by atoms with Gasteiger partial charge in [0.25, 0.3) is 0 Å². The number of imide groups is 1. The Kier molecular flexibility index (Phi) is 6.81. The number of aromatic hydroxyl groups is 1. The van der Waals surface area contributed by atoms with Gasteiger partial charge in [-0.15, -0.1) is 0 Å². The smallest absolute Gasteiger partial charge is 0.488 e. The number of ketones is 2. The fraction of sp³-hybridized carbons (Fsp3) is 0.241. The molecule has 2 aromatic rings. The Hall–Kier alpha value is -3.51. The topological polar surface area (TPSA) is 141 Å². The largest absolute Gasteiger partial charge is 0.503 e. The molecule has 6 rings (SSSR count). The number of allylic oxidation sites excluding steroid dienone is 6. The van der Waals surface area contributed by atoms with E-state index in [1.54, 1.807) is 12.1 Å². The Morgan fingerprint density at radius 1 is 1.07 bits per heavy atom. The normalized spacial score (nSPS) is 25.4. The lowest BCUT2D eigenvalue weighted by molar-refractivity contribution is -0.123. The highest BCUT2D eigenvalue weighted by molar-refractivity contribution is 9.12. The second-order valence-electron chi connectivity index (χ2n) is 10.4. The van der Waals surface area contributed by atoms with Crippen LogP contribution in [0, 0.1) is 17.8 Å². The molecule has 0 saturated carbocycles. The van der Waals surface area contributed by atoms with E-state index in [0.717, 1.165) is 4.90 Å². The molecule has 0 bridgehead atoms. The SMILES string of the molecule is COc1cc(C2C3=CCC4C(=O)N(c5cccc(B(O)O)c5)C(=O)C4C3CC3=C2C(=O)C=C(Br)C3=O)cc(Cl)c1O. The van der Waals surface area contributed by atoms with Crippen molar-refractivity contribution in [3.05, 3.63) is 80.3 Å². The molecule has 4 atom stereocenters. The lowest BCUT2D eigenvalue weighted by Gasteiger charge is -2.42. The van der Waals surface area contributed by atoms with Gasteiger partial charge in [-0.2, -0.15) is 0 Å². The average molecular weight is 639 g/mol. The van der Waals surface area contributed by atoms with Crippen LogP contribution in [0.3, 0.4) is 0 Å². The first kappa shape index (κ1) is 27.7. The quantitative estimate of drug-likeness (QED) is 0.201. The summed E-state index contributed by atoms with van der Waals surface area (Å²) in [5.41, 5.74) is 2.08. The Labute approximate surface area is 248 Å². The summed E-state index contributed by atoms with van der Waals surface area (Å²) in [6.45, 7) is 0. The van der Waals surface area contributed by atoms with Gasteiger partial charge in [-0.1, -0.05) is 35.4 Å². The predicted molar refractivity (Wildman–Crippen MR) is 153 cm³/mol. The zero-order valence-corrected chi connectivity index (χ0v) is 23.8. The number of ether oxygens (including phenoxy) is 1. The summed E-state index contributed by atoms with van der Waals surface area (Å²) in [5, 5.41) is 29.6. The third-order valence-electron chi connectivity index (χ3n) is 8.36. The molecule has 1 aliphatic heterocycles. The molecule has 0 aromatic heterocycles. The lowest BCUT2D eigenvalue weighted by Crippen LogP contribution is -2.39. The Morgan fingerprint density at radius 3 is 2.54 bits per heavy atom. The second kappa shape index (κ2) is 10.1. The van der Waals surface area contributed by atoms with Crippen molar-refractivity contribution in [3.63, 3.8) is 0 Å². The zero-order chi connectivity index (χ0) is 29.3. The number of hydrogen-bond acceptors (Lipinski definition) is 8. The molecule has 2 aromatic carbocycles. The van der Waals surface area contributed by atoms with Crippen molar-refractivity contribution >= 4 is 69.2 Å². The molecule has 1 fully saturated rings. The van der Waals surface area contributed by atoms with E-state index in [9.17, 15) is 34.3 Å². The van der Waals surface area contributed by atoms with Crippen LogP contribution < -0.4 is 15.1 Å². The number of rotatable bonds is 4. The first-order valence-corrected chi connectivity index (χ1v) is 14.0. The van der Waals surface area contributed by atoms with Crippen LogP contribution in [0.4, 0.5) is 5.69 Å². The summed E-state index contributed by atoms with van der Waals surface area (Å²) in [7, 11) is -0.413. The highest BCUT2D eigenvalue weighted by Gasteiger charge is 2.56. The van der Waals surface area contributed by atoms with E-state index < -0.39 is 42.6 Å². The number of phenols is 1. The van der Waals surface area contributed by atoms with Gasteiger partial charge in [-0.3, -0.25) is 24.1 Å². The van der Waals surface area contributed by atoms with Gasteiger partial charge in [-0.05, 0) is 70.0 Å². The van der Waals surface area contributed by atoms with Crippen molar-refractivity contribution in [1.29, 1.82) is 0 Å². The Balaban J connectivity index is 1.49. The molecule has 4 unspecified atom stereocenters. The van der Waals surface area contributed by atoms with Crippen molar-refractivity contribution in [2.24, 2.45) is 17.8 Å².